The number of sulfonamides is 1. The van der Waals surface area contributed by atoms with Crippen molar-refractivity contribution in [2.75, 3.05) is 39.7 Å². The van der Waals surface area contributed by atoms with Crippen molar-refractivity contribution in [3.05, 3.63) is 77.4 Å². The lowest BCUT2D eigenvalue weighted by atomic mass is 10.1. The first-order valence-electron chi connectivity index (χ1n) is 11.8. The van der Waals surface area contributed by atoms with Crippen LogP contribution < -0.4 is 24.8 Å². The number of benzene rings is 3. The van der Waals surface area contributed by atoms with Gasteiger partial charge in [0.15, 0.2) is 11.5 Å². The molecule has 1 amide bonds. The zero-order valence-corrected chi connectivity index (χ0v) is 22.1. The van der Waals surface area contributed by atoms with Crippen molar-refractivity contribution in [2.45, 2.75) is 24.4 Å². The Morgan fingerprint density at radius 1 is 1.00 bits per heavy atom. The van der Waals surface area contributed by atoms with Crippen LogP contribution in [0.25, 0.3) is 0 Å². The summed E-state index contributed by atoms with van der Waals surface area (Å²) in [7, 11) is 0.725. The van der Waals surface area contributed by atoms with Crippen LogP contribution in [0.15, 0.2) is 65.6 Å². The van der Waals surface area contributed by atoms with Gasteiger partial charge in [0.1, 0.15) is 19.0 Å². The highest BCUT2D eigenvalue weighted by Gasteiger charge is 2.21. The molecule has 0 saturated carbocycles. The van der Waals surface area contributed by atoms with E-state index in [9.17, 15) is 13.2 Å². The van der Waals surface area contributed by atoms with Gasteiger partial charge < -0.3 is 24.8 Å². The summed E-state index contributed by atoms with van der Waals surface area (Å²) in [5.74, 6) is 1.69. The number of anilines is 1. The fourth-order valence-corrected chi connectivity index (χ4v) is 4.82. The van der Waals surface area contributed by atoms with Crippen LogP contribution >= 0.6 is 0 Å². The van der Waals surface area contributed by atoms with Crippen molar-refractivity contribution < 1.29 is 27.4 Å². The molecule has 1 heterocycles. The summed E-state index contributed by atoms with van der Waals surface area (Å²) in [6.07, 6.45) is 0. The van der Waals surface area contributed by atoms with Gasteiger partial charge in [0.25, 0.3) is 5.91 Å². The Kier molecular flexibility index (Phi) is 7.89. The summed E-state index contributed by atoms with van der Waals surface area (Å²) in [6, 6.07) is 17.3. The van der Waals surface area contributed by atoms with Gasteiger partial charge in [-0.2, -0.15) is 0 Å². The Bertz CT molecular complexity index is 1370. The van der Waals surface area contributed by atoms with E-state index in [4.69, 9.17) is 14.2 Å². The number of carbonyl (C=O) groups is 1. The van der Waals surface area contributed by atoms with Crippen molar-refractivity contribution in [3.8, 4) is 17.2 Å². The van der Waals surface area contributed by atoms with E-state index in [0.29, 0.717) is 36.9 Å². The zero-order chi connectivity index (χ0) is 26.6. The molecule has 4 rings (SSSR count). The van der Waals surface area contributed by atoms with Crippen molar-refractivity contribution in [3.63, 3.8) is 0 Å². The lowest BCUT2D eigenvalue weighted by Gasteiger charge is -2.19. The highest BCUT2D eigenvalue weighted by atomic mass is 32.2. The van der Waals surface area contributed by atoms with Crippen LogP contribution in [0.1, 0.15) is 34.5 Å². The van der Waals surface area contributed by atoms with E-state index in [0.717, 1.165) is 21.2 Å². The molecule has 3 aromatic carbocycles. The Hall–Kier alpha value is -3.76. The summed E-state index contributed by atoms with van der Waals surface area (Å²) in [5.41, 5.74) is 2.54. The summed E-state index contributed by atoms with van der Waals surface area (Å²) in [6.45, 7) is 3.26. The number of fused-ring (bicyclic) bond motifs is 1. The van der Waals surface area contributed by atoms with Gasteiger partial charge in [-0.15, -0.1) is 0 Å². The van der Waals surface area contributed by atoms with Crippen molar-refractivity contribution in [1.82, 2.24) is 9.62 Å². The molecule has 0 unspecified atom stereocenters. The predicted molar refractivity (Wildman–Crippen MR) is 141 cm³/mol. The minimum Gasteiger partial charge on any atom is -0.497 e. The number of ether oxygens (including phenoxy) is 3. The van der Waals surface area contributed by atoms with Gasteiger partial charge in [0, 0.05) is 31.9 Å². The molecule has 196 valence electrons. The first-order valence-corrected chi connectivity index (χ1v) is 13.3. The van der Waals surface area contributed by atoms with Crippen LogP contribution in [-0.4, -0.2) is 53.0 Å². The number of amides is 1. The number of rotatable bonds is 9. The Balaban J connectivity index is 1.57. The Labute approximate surface area is 217 Å². The SMILES string of the molecule is COc1ccc([C@@H](C)NC(=O)c2cc(NCc3ccc4c(c3)OCCO4)cc(S(=O)(=O)N(C)C)c2)cc1. The monoisotopic (exact) mass is 525 g/mol. The van der Waals surface area contributed by atoms with Crippen LogP contribution in [-0.2, 0) is 16.6 Å². The van der Waals surface area contributed by atoms with Crippen LogP contribution in [0.4, 0.5) is 5.69 Å². The molecule has 9 nitrogen and oxygen atoms in total. The van der Waals surface area contributed by atoms with Crippen LogP contribution in [0.3, 0.4) is 0 Å². The number of nitrogens with zero attached hydrogens (tertiary/aromatic N) is 1. The maximum absolute atomic E-state index is 13.2. The minimum absolute atomic E-state index is 0.0203. The van der Waals surface area contributed by atoms with Crippen molar-refractivity contribution in [2.24, 2.45) is 0 Å². The maximum atomic E-state index is 13.2. The minimum atomic E-state index is -3.78. The van der Waals surface area contributed by atoms with E-state index in [1.807, 2.05) is 49.4 Å². The summed E-state index contributed by atoms with van der Waals surface area (Å²) >= 11 is 0. The van der Waals surface area contributed by atoms with Gasteiger partial charge in [-0.05, 0) is 60.5 Å². The molecule has 2 N–H and O–H groups in total. The molecule has 1 aliphatic heterocycles. The van der Waals surface area contributed by atoms with E-state index >= 15 is 0 Å². The normalized spacial score (nSPS) is 13.6. The quantitative estimate of drug-likeness (QED) is 0.438. The van der Waals surface area contributed by atoms with Crippen LogP contribution in [0.2, 0.25) is 0 Å². The average Bonchev–Trinajstić information content (AvgIpc) is 2.91. The number of hydrogen-bond acceptors (Lipinski definition) is 7. The molecule has 0 bridgehead atoms. The lowest BCUT2D eigenvalue weighted by Crippen LogP contribution is -2.27. The second-order valence-electron chi connectivity index (χ2n) is 8.83. The van der Waals surface area contributed by atoms with Crippen molar-refractivity contribution >= 4 is 21.6 Å². The standard InChI is InChI=1S/C27H31N3O6S/c1-18(20-6-8-23(34-4)9-7-20)29-27(31)21-14-22(16-24(15-21)37(32,33)30(2)3)28-17-19-5-10-25-26(13-19)36-12-11-35-25/h5-10,13-16,18,28H,11-12,17H2,1-4H3,(H,29,31)/t18-/m1/s1. The van der Waals surface area contributed by atoms with Gasteiger partial charge in [0.05, 0.1) is 18.0 Å². The summed E-state index contributed by atoms with van der Waals surface area (Å²) < 4.78 is 43.4. The molecular formula is C27H31N3O6S. The lowest BCUT2D eigenvalue weighted by molar-refractivity contribution is 0.0939. The van der Waals surface area contributed by atoms with Gasteiger partial charge in [0.2, 0.25) is 10.0 Å². The Morgan fingerprint density at radius 2 is 1.70 bits per heavy atom. The first kappa shape index (κ1) is 26.3. The third-order valence-electron chi connectivity index (χ3n) is 6.01. The Morgan fingerprint density at radius 3 is 2.38 bits per heavy atom. The van der Waals surface area contributed by atoms with Crippen molar-refractivity contribution in [1.29, 1.82) is 0 Å². The van der Waals surface area contributed by atoms with E-state index in [1.54, 1.807) is 13.2 Å². The highest BCUT2D eigenvalue weighted by molar-refractivity contribution is 7.89. The third kappa shape index (κ3) is 6.15. The largest absolute Gasteiger partial charge is 0.497 e. The average molecular weight is 526 g/mol. The van der Waals surface area contributed by atoms with Crippen LogP contribution in [0, 0.1) is 0 Å². The smallest absolute Gasteiger partial charge is 0.251 e. The van der Waals surface area contributed by atoms with Gasteiger partial charge >= 0.3 is 0 Å². The molecule has 3 aromatic rings. The maximum Gasteiger partial charge on any atom is 0.251 e. The molecule has 0 spiro atoms. The number of hydrogen-bond donors (Lipinski definition) is 2. The van der Waals surface area contributed by atoms with E-state index < -0.39 is 10.0 Å². The predicted octanol–water partition coefficient (Wildman–Crippen LogP) is 3.82. The number of nitrogens with one attached hydrogen (secondary N) is 2. The van der Waals surface area contributed by atoms with Crippen LogP contribution in [0.5, 0.6) is 17.2 Å². The van der Waals surface area contributed by atoms with E-state index in [1.165, 1.54) is 26.2 Å². The fraction of sp³-hybridized carbons (Fsp3) is 0.296. The zero-order valence-electron chi connectivity index (χ0n) is 21.3. The molecule has 1 atom stereocenters. The highest BCUT2D eigenvalue weighted by Crippen LogP contribution is 2.31. The van der Waals surface area contributed by atoms with E-state index in [-0.39, 0.29) is 22.4 Å². The van der Waals surface area contributed by atoms with Gasteiger partial charge in [-0.1, -0.05) is 18.2 Å². The molecule has 0 fully saturated rings. The van der Waals surface area contributed by atoms with Gasteiger partial charge in [-0.3, -0.25) is 4.79 Å². The number of carbonyl (C=O) groups excluding carboxylic acids is 1. The first-order chi connectivity index (χ1) is 17.7. The van der Waals surface area contributed by atoms with Gasteiger partial charge in [-0.25, -0.2) is 12.7 Å². The molecule has 0 radical (unpaired) electrons. The molecule has 10 heteroatoms. The summed E-state index contributed by atoms with van der Waals surface area (Å²) in [5, 5.41) is 6.19. The summed E-state index contributed by atoms with van der Waals surface area (Å²) in [4.78, 5) is 13.2. The molecule has 0 aliphatic carbocycles. The molecule has 1 aliphatic rings. The molecule has 0 aromatic heterocycles. The third-order valence-corrected chi connectivity index (χ3v) is 7.81. The second-order valence-corrected chi connectivity index (χ2v) is 11.0. The molecule has 0 saturated heterocycles. The topological polar surface area (TPSA) is 106 Å². The second kappa shape index (κ2) is 11.1. The van der Waals surface area contributed by atoms with E-state index in [2.05, 4.69) is 10.6 Å². The molecule has 37 heavy (non-hydrogen) atoms. The fourth-order valence-electron chi connectivity index (χ4n) is 3.85. The number of methoxy groups -OCH3 is 1. The molecular weight excluding hydrogens is 494 g/mol.